The third-order valence-electron chi connectivity index (χ3n) is 3.02. The number of carbonyl (C=O) groups excluding carboxylic acids is 1. The highest BCUT2D eigenvalue weighted by Gasteiger charge is 2.10. The normalized spacial score (nSPS) is 10.1. The number of aryl methyl sites for hydroxylation is 1. The van der Waals surface area contributed by atoms with Crippen LogP contribution in [0.5, 0.6) is 0 Å². The summed E-state index contributed by atoms with van der Waals surface area (Å²) in [5.41, 5.74) is 0.184. The van der Waals surface area contributed by atoms with Crippen molar-refractivity contribution < 1.29 is 18.0 Å². The van der Waals surface area contributed by atoms with E-state index in [-0.39, 0.29) is 29.7 Å². The Morgan fingerprint density at radius 1 is 1.14 bits per heavy atom. The topological polar surface area (TPSA) is 52.9 Å². The van der Waals surface area contributed by atoms with Crippen LogP contribution in [0.4, 0.5) is 18.9 Å². The summed E-state index contributed by atoms with van der Waals surface area (Å²) >= 11 is 0. The van der Waals surface area contributed by atoms with E-state index in [1.54, 1.807) is 6.07 Å². The van der Waals surface area contributed by atoms with Gasteiger partial charge in [-0.1, -0.05) is 12.1 Å². The lowest BCUT2D eigenvalue weighted by Gasteiger charge is -2.07. The van der Waals surface area contributed by atoms with Crippen molar-refractivity contribution in [3.05, 3.63) is 65.0 Å². The van der Waals surface area contributed by atoms with Gasteiger partial charge in [0.1, 0.15) is 11.9 Å². The number of hydrogen-bond acceptors (Lipinski definition) is 2. The second-order valence-corrected chi connectivity index (χ2v) is 4.57. The molecule has 6 heteroatoms. The van der Waals surface area contributed by atoms with E-state index in [0.717, 1.165) is 12.1 Å². The van der Waals surface area contributed by atoms with Crippen molar-refractivity contribution in [2.24, 2.45) is 0 Å². The fourth-order valence-electron chi connectivity index (χ4n) is 1.90. The molecule has 0 saturated heterocycles. The zero-order valence-electron chi connectivity index (χ0n) is 11.4. The third-order valence-corrected chi connectivity index (χ3v) is 3.02. The van der Waals surface area contributed by atoms with Crippen molar-refractivity contribution >= 4 is 11.6 Å². The Morgan fingerprint density at radius 3 is 2.64 bits per heavy atom. The van der Waals surface area contributed by atoms with E-state index in [1.807, 2.05) is 0 Å². The van der Waals surface area contributed by atoms with Crippen LogP contribution in [-0.2, 0) is 11.2 Å². The molecule has 112 valence electrons. The molecule has 2 rings (SSSR count). The molecular formula is C16H11F3N2O. The lowest BCUT2D eigenvalue weighted by Crippen LogP contribution is -2.13. The molecule has 0 aliphatic heterocycles. The highest BCUT2D eigenvalue weighted by molar-refractivity contribution is 5.91. The number of hydrogen-bond donors (Lipinski definition) is 1. The molecule has 0 fully saturated rings. The minimum atomic E-state index is -0.969. The SMILES string of the molecule is N#Cc1cc(NC(=O)CCc2cccc(F)c2F)ccc1F. The molecule has 22 heavy (non-hydrogen) atoms. The Bertz CT molecular complexity index is 754. The number of nitriles is 1. The number of nitrogens with one attached hydrogen (secondary N) is 1. The van der Waals surface area contributed by atoms with Crippen LogP contribution in [0, 0.1) is 28.8 Å². The highest BCUT2D eigenvalue weighted by Crippen LogP contribution is 2.16. The summed E-state index contributed by atoms with van der Waals surface area (Å²) in [6.07, 6.45) is -0.0403. The molecule has 0 aliphatic rings. The second-order valence-electron chi connectivity index (χ2n) is 4.57. The van der Waals surface area contributed by atoms with Crippen LogP contribution < -0.4 is 5.32 Å². The van der Waals surface area contributed by atoms with Gasteiger partial charge in [-0.15, -0.1) is 0 Å². The van der Waals surface area contributed by atoms with Crippen LogP contribution in [-0.4, -0.2) is 5.91 Å². The molecule has 0 atom stereocenters. The molecule has 0 bridgehead atoms. The molecule has 0 saturated carbocycles. The number of amides is 1. The van der Waals surface area contributed by atoms with E-state index in [9.17, 15) is 18.0 Å². The van der Waals surface area contributed by atoms with Gasteiger partial charge in [0.15, 0.2) is 11.6 Å². The largest absolute Gasteiger partial charge is 0.326 e. The summed E-state index contributed by atoms with van der Waals surface area (Å²) in [6, 6.07) is 9.02. The van der Waals surface area contributed by atoms with Gasteiger partial charge in [0.25, 0.3) is 0 Å². The van der Waals surface area contributed by atoms with Gasteiger partial charge in [-0.2, -0.15) is 5.26 Å². The first-order valence-electron chi connectivity index (χ1n) is 6.43. The van der Waals surface area contributed by atoms with E-state index in [1.165, 1.54) is 24.3 Å². The predicted molar refractivity (Wildman–Crippen MR) is 74.4 cm³/mol. The number of carbonyl (C=O) groups is 1. The molecule has 0 unspecified atom stereocenters. The Hall–Kier alpha value is -2.81. The highest BCUT2D eigenvalue weighted by atomic mass is 19.2. The Morgan fingerprint density at radius 2 is 1.91 bits per heavy atom. The number of halogens is 3. The first-order chi connectivity index (χ1) is 10.5. The molecule has 3 nitrogen and oxygen atoms in total. The summed E-state index contributed by atoms with van der Waals surface area (Å²) < 4.78 is 39.6. The molecule has 2 aromatic carbocycles. The van der Waals surface area contributed by atoms with Crippen LogP contribution in [0.2, 0.25) is 0 Å². The van der Waals surface area contributed by atoms with Crippen molar-refractivity contribution in [3.63, 3.8) is 0 Å². The predicted octanol–water partition coefficient (Wildman–Crippen LogP) is 3.55. The van der Waals surface area contributed by atoms with Crippen LogP contribution >= 0.6 is 0 Å². The fourth-order valence-corrected chi connectivity index (χ4v) is 1.90. The van der Waals surface area contributed by atoms with Crippen molar-refractivity contribution in [2.45, 2.75) is 12.8 Å². The molecule has 1 N–H and O–H groups in total. The van der Waals surface area contributed by atoms with Crippen molar-refractivity contribution in [3.8, 4) is 6.07 Å². The fraction of sp³-hybridized carbons (Fsp3) is 0.125. The number of benzene rings is 2. The summed E-state index contributed by atoms with van der Waals surface area (Å²) in [5, 5.41) is 11.2. The van der Waals surface area contributed by atoms with Gasteiger partial charge in [-0.25, -0.2) is 13.2 Å². The first-order valence-corrected chi connectivity index (χ1v) is 6.43. The van der Waals surface area contributed by atoms with E-state index in [4.69, 9.17) is 5.26 Å². The smallest absolute Gasteiger partial charge is 0.224 e. The first kappa shape index (κ1) is 15.6. The quantitative estimate of drug-likeness (QED) is 0.939. The van der Waals surface area contributed by atoms with Crippen molar-refractivity contribution in [2.75, 3.05) is 5.32 Å². The maximum Gasteiger partial charge on any atom is 0.224 e. The third kappa shape index (κ3) is 3.64. The summed E-state index contributed by atoms with van der Waals surface area (Å²) in [4.78, 5) is 11.8. The van der Waals surface area contributed by atoms with Crippen LogP contribution in [0.1, 0.15) is 17.5 Å². The van der Waals surface area contributed by atoms with Gasteiger partial charge in [0.2, 0.25) is 5.91 Å². The lowest BCUT2D eigenvalue weighted by molar-refractivity contribution is -0.116. The maximum absolute atomic E-state index is 13.4. The van der Waals surface area contributed by atoms with E-state index in [0.29, 0.717) is 0 Å². The molecule has 0 aromatic heterocycles. The van der Waals surface area contributed by atoms with E-state index >= 15 is 0 Å². The van der Waals surface area contributed by atoms with Gasteiger partial charge in [-0.3, -0.25) is 4.79 Å². The number of rotatable bonds is 4. The maximum atomic E-state index is 13.4. The van der Waals surface area contributed by atoms with Crippen molar-refractivity contribution in [1.29, 1.82) is 5.26 Å². The summed E-state index contributed by atoms with van der Waals surface area (Å²) in [7, 11) is 0. The van der Waals surface area contributed by atoms with Gasteiger partial charge >= 0.3 is 0 Å². The van der Waals surface area contributed by atoms with Gasteiger partial charge in [0, 0.05) is 12.1 Å². The molecule has 0 heterocycles. The summed E-state index contributed by atoms with van der Waals surface area (Å²) in [5.74, 6) is -3.06. The van der Waals surface area contributed by atoms with Crippen LogP contribution in [0.3, 0.4) is 0 Å². The average molecular weight is 304 g/mol. The van der Waals surface area contributed by atoms with Crippen molar-refractivity contribution in [1.82, 2.24) is 0 Å². The van der Waals surface area contributed by atoms with Gasteiger partial charge < -0.3 is 5.32 Å². The molecule has 0 spiro atoms. The number of nitrogens with zero attached hydrogens (tertiary/aromatic N) is 1. The minimum Gasteiger partial charge on any atom is -0.326 e. The number of anilines is 1. The van der Waals surface area contributed by atoms with Gasteiger partial charge in [-0.05, 0) is 36.2 Å². The monoisotopic (exact) mass is 304 g/mol. The molecule has 0 aliphatic carbocycles. The van der Waals surface area contributed by atoms with E-state index < -0.39 is 23.4 Å². The molecular weight excluding hydrogens is 293 g/mol. The molecule has 0 radical (unpaired) electrons. The minimum absolute atomic E-state index is 0.0295. The molecule has 1 amide bonds. The van der Waals surface area contributed by atoms with Gasteiger partial charge in [0.05, 0.1) is 5.56 Å². The standard InChI is InChI=1S/C16H11F3N2O/c17-13-6-5-12(8-11(13)9-20)21-15(22)7-4-10-2-1-3-14(18)16(10)19/h1-3,5-6,8H,4,7H2,(H,21,22). The summed E-state index contributed by atoms with van der Waals surface area (Å²) in [6.45, 7) is 0. The van der Waals surface area contributed by atoms with Crippen LogP contribution in [0.25, 0.3) is 0 Å². The molecule has 2 aromatic rings. The zero-order valence-corrected chi connectivity index (χ0v) is 11.4. The lowest BCUT2D eigenvalue weighted by atomic mass is 10.1. The average Bonchev–Trinajstić information content (AvgIpc) is 2.50. The van der Waals surface area contributed by atoms with Crippen LogP contribution in [0.15, 0.2) is 36.4 Å². The Labute approximate surface area is 125 Å². The Balaban J connectivity index is 1.99. The Kier molecular flexibility index (Phi) is 4.79. The zero-order chi connectivity index (χ0) is 16.1. The second kappa shape index (κ2) is 6.76. The van der Waals surface area contributed by atoms with E-state index in [2.05, 4.69) is 5.32 Å².